The second kappa shape index (κ2) is 8.25. The van der Waals surface area contributed by atoms with Gasteiger partial charge in [0.05, 0.1) is 11.4 Å². The Kier molecular flexibility index (Phi) is 5.04. The summed E-state index contributed by atoms with van der Waals surface area (Å²) in [6.07, 6.45) is 2.36. The number of nitrogens with zero attached hydrogens (tertiary/aromatic N) is 3. The molecule has 0 radical (unpaired) electrons. The lowest BCUT2D eigenvalue weighted by Gasteiger charge is -2.07. The Bertz CT molecular complexity index is 1470. The second-order valence-corrected chi connectivity index (χ2v) is 9.29. The Labute approximate surface area is 202 Å². The van der Waals surface area contributed by atoms with E-state index in [0.29, 0.717) is 29.3 Å². The number of hydrogen-bond donors (Lipinski definition) is 2. The maximum atomic E-state index is 12.5. The molecule has 3 heterocycles. The van der Waals surface area contributed by atoms with Crippen molar-refractivity contribution in [1.29, 1.82) is 0 Å². The van der Waals surface area contributed by atoms with Gasteiger partial charge in [-0.2, -0.15) is 14.3 Å². The fourth-order valence-electron chi connectivity index (χ4n) is 3.66. The molecule has 10 nitrogen and oxygen atoms in total. The number of carbonyl (C=O) groups excluding carboxylic acids is 1. The molecule has 11 heteroatoms. The van der Waals surface area contributed by atoms with Crippen molar-refractivity contribution in [3.8, 4) is 11.8 Å². The van der Waals surface area contributed by atoms with E-state index in [-0.39, 0.29) is 29.8 Å². The number of amides is 1. The third-order valence-corrected chi connectivity index (χ3v) is 6.73. The molecule has 35 heavy (non-hydrogen) atoms. The second-order valence-electron chi connectivity index (χ2n) is 8.52. The molecule has 0 spiro atoms. The van der Waals surface area contributed by atoms with Gasteiger partial charge in [0.2, 0.25) is 11.5 Å². The summed E-state index contributed by atoms with van der Waals surface area (Å²) in [5.74, 6) is 5.28. The maximum Gasteiger partial charge on any atom is 0.412 e. The lowest BCUT2D eigenvalue weighted by Crippen LogP contribution is -2.19. The normalized spacial score (nSPS) is 15.9. The van der Waals surface area contributed by atoms with E-state index in [1.54, 1.807) is 0 Å². The molecule has 3 aromatic heterocycles. The Morgan fingerprint density at radius 2 is 1.97 bits per heavy atom. The van der Waals surface area contributed by atoms with Gasteiger partial charge in [0.1, 0.15) is 16.9 Å². The summed E-state index contributed by atoms with van der Waals surface area (Å²) < 4.78 is 20.9. The highest BCUT2D eigenvalue weighted by atomic mass is 32.1. The smallest absolute Gasteiger partial charge is 0.412 e. The molecule has 0 atom stereocenters. The van der Waals surface area contributed by atoms with Crippen LogP contribution in [0, 0.1) is 11.8 Å². The SMILES string of the molecule is O=C(Nc1c(C2CC2)nsc1C#Cc1nc2nc(C3(C(=O)O)CC3)oc2o1)OCc1ccccc1. The minimum absolute atomic E-state index is 0.0302. The molecule has 6 rings (SSSR count). The van der Waals surface area contributed by atoms with E-state index in [1.807, 2.05) is 30.3 Å². The molecule has 2 fully saturated rings. The zero-order chi connectivity index (χ0) is 24.0. The number of ether oxygens (including phenoxy) is 1. The van der Waals surface area contributed by atoms with Crippen LogP contribution in [0.2, 0.25) is 0 Å². The number of fused-ring (bicyclic) bond motifs is 1. The minimum Gasteiger partial charge on any atom is -0.480 e. The molecular weight excluding hydrogens is 472 g/mol. The highest BCUT2D eigenvalue weighted by Crippen LogP contribution is 2.48. The summed E-state index contributed by atoms with van der Waals surface area (Å²) in [7, 11) is 0. The van der Waals surface area contributed by atoms with E-state index in [4.69, 9.17) is 13.6 Å². The van der Waals surface area contributed by atoms with Crippen LogP contribution in [0.4, 0.5) is 10.5 Å². The summed E-state index contributed by atoms with van der Waals surface area (Å²) >= 11 is 1.18. The molecule has 2 aliphatic rings. The zero-order valence-corrected chi connectivity index (χ0v) is 19.1. The number of aliphatic carboxylic acids is 1. The van der Waals surface area contributed by atoms with Crippen molar-refractivity contribution < 1.29 is 28.3 Å². The molecule has 0 unspecified atom stereocenters. The number of aromatic nitrogens is 3. The van der Waals surface area contributed by atoms with Gasteiger partial charge < -0.3 is 18.7 Å². The van der Waals surface area contributed by atoms with Crippen molar-refractivity contribution in [1.82, 2.24) is 14.3 Å². The largest absolute Gasteiger partial charge is 0.480 e. The van der Waals surface area contributed by atoms with Crippen LogP contribution in [0.5, 0.6) is 0 Å². The number of anilines is 1. The quantitative estimate of drug-likeness (QED) is 0.376. The lowest BCUT2D eigenvalue weighted by atomic mass is 10.1. The molecule has 176 valence electrons. The third-order valence-electron chi connectivity index (χ3n) is 5.95. The van der Waals surface area contributed by atoms with Crippen molar-refractivity contribution in [2.45, 2.75) is 43.6 Å². The van der Waals surface area contributed by atoms with Gasteiger partial charge in [-0.3, -0.25) is 10.1 Å². The molecular formula is C24H18N4O6S. The van der Waals surface area contributed by atoms with Crippen LogP contribution in [-0.2, 0) is 21.6 Å². The van der Waals surface area contributed by atoms with E-state index in [9.17, 15) is 14.7 Å². The molecule has 0 aliphatic heterocycles. The summed E-state index contributed by atoms with van der Waals surface area (Å²) in [6.45, 7) is 0.150. The van der Waals surface area contributed by atoms with E-state index < -0.39 is 17.5 Å². The summed E-state index contributed by atoms with van der Waals surface area (Å²) in [4.78, 5) is 32.8. The summed E-state index contributed by atoms with van der Waals surface area (Å²) in [5.41, 5.74) is 1.31. The number of nitrogens with one attached hydrogen (secondary N) is 1. The Hall–Kier alpha value is -4.17. The van der Waals surface area contributed by atoms with Gasteiger partial charge in [-0.15, -0.1) is 0 Å². The van der Waals surface area contributed by atoms with Crippen molar-refractivity contribution >= 4 is 40.7 Å². The molecule has 0 saturated heterocycles. The average Bonchev–Trinajstić information content (AvgIpc) is 3.75. The Morgan fingerprint density at radius 3 is 2.66 bits per heavy atom. The predicted molar refractivity (Wildman–Crippen MR) is 123 cm³/mol. The number of rotatable bonds is 6. The number of hydrogen-bond acceptors (Lipinski definition) is 9. The highest BCUT2D eigenvalue weighted by molar-refractivity contribution is 7.07. The topological polar surface area (TPSA) is 141 Å². The standard InChI is InChI=1S/C24H18N4O6S/c29-22(30)24(10-11-24)21-27-19-20(34-21)33-16(25-19)9-8-15-18(17(28-35-15)14-6-7-14)26-23(31)32-12-13-4-2-1-3-5-13/h1-5,14H,6-7,10-12H2,(H,26,31)(H,29,30). The van der Waals surface area contributed by atoms with Crippen LogP contribution in [0.25, 0.3) is 11.4 Å². The Morgan fingerprint density at radius 1 is 1.17 bits per heavy atom. The van der Waals surface area contributed by atoms with Crippen LogP contribution in [-0.4, -0.2) is 31.5 Å². The first-order valence-electron chi connectivity index (χ1n) is 11.0. The van der Waals surface area contributed by atoms with Crippen LogP contribution < -0.4 is 5.32 Å². The van der Waals surface area contributed by atoms with Crippen LogP contribution >= 0.6 is 11.5 Å². The van der Waals surface area contributed by atoms with E-state index >= 15 is 0 Å². The molecule has 0 bridgehead atoms. The minimum atomic E-state index is -1.08. The maximum absolute atomic E-state index is 12.5. The monoisotopic (exact) mass is 490 g/mol. The molecule has 1 amide bonds. The van der Waals surface area contributed by atoms with Gasteiger partial charge in [-0.1, -0.05) is 30.3 Å². The predicted octanol–water partition coefficient (Wildman–Crippen LogP) is 4.41. The highest BCUT2D eigenvalue weighted by Gasteiger charge is 2.56. The van der Waals surface area contributed by atoms with Crippen LogP contribution in [0.3, 0.4) is 0 Å². The first-order chi connectivity index (χ1) is 17.0. The molecule has 2 N–H and O–H groups in total. The molecule has 4 aromatic rings. The van der Waals surface area contributed by atoms with E-state index in [2.05, 4.69) is 31.5 Å². The fourth-order valence-corrected chi connectivity index (χ4v) is 4.43. The molecule has 1 aromatic carbocycles. The van der Waals surface area contributed by atoms with Gasteiger partial charge in [0, 0.05) is 5.92 Å². The van der Waals surface area contributed by atoms with Crippen LogP contribution in [0.1, 0.15) is 59.5 Å². The van der Waals surface area contributed by atoms with Gasteiger partial charge in [0.15, 0.2) is 0 Å². The number of carbonyl (C=O) groups is 2. The van der Waals surface area contributed by atoms with Gasteiger partial charge in [-0.05, 0) is 54.6 Å². The van der Waals surface area contributed by atoms with Gasteiger partial charge >= 0.3 is 17.8 Å². The average molecular weight is 490 g/mol. The first kappa shape index (κ1) is 21.4. The third kappa shape index (κ3) is 4.13. The number of oxazole rings is 2. The van der Waals surface area contributed by atoms with Crippen molar-refractivity contribution in [2.24, 2.45) is 0 Å². The van der Waals surface area contributed by atoms with Crippen molar-refractivity contribution in [3.05, 3.63) is 58.2 Å². The van der Waals surface area contributed by atoms with Crippen molar-refractivity contribution in [3.63, 3.8) is 0 Å². The first-order valence-corrected chi connectivity index (χ1v) is 11.8. The van der Waals surface area contributed by atoms with Gasteiger partial charge in [0.25, 0.3) is 5.89 Å². The number of carboxylic acid groups (broad SMARTS) is 1. The summed E-state index contributed by atoms with van der Waals surface area (Å²) in [5, 5.41) is 12.2. The lowest BCUT2D eigenvalue weighted by molar-refractivity contribution is -0.140. The van der Waals surface area contributed by atoms with Crippen LogP contribution in [0.15, 0.2) is 39.2 Å². The zero-order valence-electron chi connectivity index (χ0n) is 18.2. The molecule has 2 saturated carbocycles. The van der Waals surface area contributed by atoms with E-state index in [0.717, 1.165) is 24.1 Å². The van der Waals surface area contributed by atoms with Crippen molar-refractivity contribution in [2.75, 3.05) is 5.32 Å². The number of benzene rings is 1. The Balaban J connectivity index is 1.20. The number of carboxylic acids is 1. The fraction of sp³-hybridized carbons (Fsp3) is 0.292. The summed E-state index contributed by atoms with van der Waals surface area (Å²) in [6, 6.07) is 9.41. The van der Waals surface area contributed by atoms with Gasteiger partial charge in [-0.25, -0.2) is 4.79 Å². The van der Waals surface area contributed by atoms with E-state index in [1.165, 1.54) is 11.5 Å². The molecule has 2 aliphatic carbocycles.